The van der Waals surface area contributed by atoms with Gasteiger partial charge >= 0.3 is 5.91 Å². The lowest BCUT2D eigenvalue weighted by Crippen LogP contribution is -2.21. The van der Waals surface area contributed by atoms with Gasteiger partial charge in [-0.25, -0.2) is 0 Å². The molecule has 1 amide bonds. The van der Waals surface area contributed by atoms with Gasteiger partial charge in [-0.2, -0.15) is 5.26 Å². The molecule has 1 aromatic carbocycles. The third-order valence-electron chi connectivity index (χ3n) is 2.71. The van der Waals surface area contributed by atoms with Gasteiger partial charge in [0, 0.05) is 6.54 Å². The van der Waals surface area contributed by atoms with E-state index in [0.717, 1.165) is 5.56 Å². The highest BCUT2D eigenvalue weighted by molar-refractivity contribution is 5.91. The summed E-state index contributed by atoms with van der Waals surface area (Å²) in [6.07, 6.45) is 0. The number of hydrogen-bond acceptors (Lipinski definition) is 2. The molecule has 0 atom stereocenters. The molecule has 0 aliphatic rings. The Morgan fingerprint density at radius 1 is 1.33 bits per heavy atom. The third-order valence-corrected chi connectivity index (χ3v) is 2.71. The summed E-state index contributed by atoms with van der Waals surface area (Å²) in [5.41, 5.74) is 4.71. The van der Waals surface area contributed by atoms with Crippen molar-refractivity contribution in [3.05, 3.63) is 34.4 Å². The van der Waals surface area contributed by atoms with Crippen molar-refractivity contribution in [2.45, 2.75) is 27.3 Å². The average Bonchev–Trinajstić information content (AvgIpc) is 2.24. The lowest BCUT2D eigenvalue weighted by molar-refractivity contribution is -0.116. The highest BCUT2D eigenvalue weighted by Crippen LogP contribution is 2.16. The van der Waals surface area contributed by atoms with Crippen LogP contribution in [0.5, 0.6) is 0 Å². The van der Waals surface area contributed by atoms with Gasteiger partial charge in [0.25, 0.3) is 0 Å². The van der Waals surface area contributed by atoms with E-state index in [9.17, 15) is 4.79 Å². The molecule has 0 saturated carbocycles. The normalized spacial score (nSPS) is 9.47. The van der Waals surface area contributed by atoms with Gasteiger partial charge in [-0.05, 0) is 43.0 Å². The van der Waals surface area contributed by atoms with E-state index in [1.54, 1.807) is 0 Å². The van der Waals surface area contributed by atoms with Crippen LogP contribution in [0.1, 0.15) is 22.3 Å². The minimum atomic E-state index is -0.590. The van der Waals surface area contributed by atoms with E-state index < -0.39 is 5.91 Å². The maximum absolute atomic E-state index is 10.8. The monoisotopic (exact) mass is 202 g/mol. The Labute approximate surface area is 89.7 Å². The number of nitriles is 1. The molecule has 0 fully saturated rings. The highest BCUT2D eigenvalue weighted by Gasteiger charge is 2.04. The van der Waals surface area contributed by atoms with Crippen LogP contribution in [0.15, 0.2) is 12.1 Å². The molecule has 3 nitrogen and oxygen atoms in total. The first kappa shape index (κ1) is 11.3. The first-order valence-electron chi connectivity index (χ1n) is 4.80. The minimum Gasteiger partial charge on any atom is -0.339 e. The average molecular weight is 202 g/mol. The summed E-state index contributed by atoms with van der Waals surface area (Å²) in [6, 6.07) is 5.54. The Kier molecular flexibility index (Phi) is 3.46. The second-order valence-electron chi connectivity index (χ2n) is 3.59. The molecule has 0 heterocycles. The molecule has 3 heteroatoms. The topological polar surface area (TPSA) is 52.9 Å². The number of carbonyl (C=O) groups excluding carboxylic acids is 1. The van der Waals surface area contributed by atoms with Crippen molar-refractivity contribution in [1.29, 1.82) is 5.26 Å². The van der Waals surface area contributed by atoms with Crippen molar-refractivity contribution in [3.63, 3.8) is 0 Å². The van der Waals surface area contributed by atoms with Crippen molar-refractivity contribution < 1.29 is 4.79 Å². The zero-order valence-electron chi connectivity index (χ0n) is 9.22. The second kappa shape index (κ2) is 4.61. The van der Waals surface area contributed by atoms with E-state index in [0.29, 0.717) is 6.54 Å². The van der Waals surface area contributed by atoms with E-state index >= 15 is 0 Å². The summed E-state index contributed by atoms with van der Waals surface area (Å²) in [5, 5.41) is 10.9. The zero-order chi connectivity index (χ0) is 11.4. The number of rotatable bonds is 2. The maximum atomic E-state index is 10.8. The zero-order valence-corrected chi connectivity index (χ0v) is 9.22. The number of carbonyl (C=O) groups is 1. The van der Waals surface area contributed by atoms with Crippen LogP contribution in [0, 0.1) is 32.1 Å². The summed E-state index contributed by atoms with van der Waals surface area (Å²) in [6.45, 7) is 6.55. The highest BCUT2D eigenvalue weighted by atomic mass is 16.1. The van der Waals surface area contributed by atoms with Crippen molar-refractivity contribution in [1.82, 2.24) is 5.32 Å². The first-order valence-corrected chi connectivity index (χ1v) is 4.80. The largest absolute Gasteiger partial charge is 0.339 e. The number of benzene rings is 1. The second-order valence-corrected chi connectivity index (χ2v) is 3.59. The van der Waals surface area contributed by atoms with Gasteiger partial charge in [0.05, 0.1) is 0 Å². The van der Waals surface area contributed by atoms with Crippen LogP contribution in [-0.2, 0) is 11.3 Å². The Balaban J connectivity index is 2.84. The quantitative estimate of drug-likeness (QED) is 0.743. The van der Waals surface area contributed by atoms with Gasteiger partial charge in [0.15, 0.2) is 6.07 Å². The summed E-state index contributed by atoms with van der Waals surface area (Å²) in [4.78, 5) is 10.8. The summed E-state index contributed by atoms with van der Waals surface area (Å²) < 4.78 is 0. The smallest absolute Gasteiger partial charge is 0.322 e. The fraction of sp³-hybridized carbons (Fsp3) is 0.333. The van der Waals surface area contributed by atoms with Gasteiger partial charge in [-0.3, -0.25) is 4.79 Å². The Hall–Kier alpha value is -1.82. The fourth-order valence-corrected chi connectivity index (χ4v) is 1.42. The van der Waals surface area contributed by atoms with Crippen LogP contribution < -0.4 is 5.32 Å². The van der Waals surface area contributed by atoms with Crippen LogP contribution in [-0.4, -0.2) is 5.91 Å². The molecule has 15 heavy (non-hydrogen) atoms. The van der Waals surface area contributed by atoms with Crippen LogP contribution in [0.2, 0.25) is 0 Å². The lowest BCUT2D eigenvalue weighted by Gasteiger charge is -2.10. The van der Waals surface area contributed by atoms with E-state index in [1.807, 2.05) is 19.1 Å². The molecule has 0 bridgehead atoms. The predicted molar refractivity (Wildman–Crippen MR) is 58.1 cm³/mol. The molecule has 0 spiro atoms. The number of amides is 1. The molecule has 1 rings (SSSR count). The lowest BCUT2D eigenvalue weighted by atomic mass is 9.99. The summed E-state index contributed by atoms with van der Waals surface area (Å²) in [7, 11) is 0. The standard InChI is InChI=1S/C12H14N2O/c1-8-4-5-11(10(3)9(8)2)7-14-12(15)6-13/h4-5H,7H2,1-3H3,(H,14,15). The number of nitrogens with one attached hydrogen (secondary N) is 1. The van der Waals surface area contributed by atoms with E-state index in [2.05, 4.69) is 19.2 Å². The number of nitrogens with zero attached hydrogens (tertiary/aromatic N) is 1. The molecule has 0 aliphatic heterocycles. The molecular formula is C12H14N2O. The number of aryl methyl sites for hydroxylation is 1. The molecule has 1 N–H and O–H groups in total. The molecule has 0 aromatic heterocycles. The van der Waals surface area contributed by atoms with Crippen molar-refractivity contribution >= 4 is 5.91 Å². The van der Waals surface area contributed by atoms with Gasteiger partial charge in [0.1, 0.15) is 0 Å². The first-order chi connectivity index (χ1) is 7.06. The predicted octanol–water partition coefficient (Wildman–Crippen LogP) is 1.75. The third kappa shape index (κ3) is 2.57. The molecule has 78 valence electrons. The Bertz CT molecular complexity index is 430. The summed E-state index contributed by atoms with van der Waals surface area (Å²) in [5.74, 6) is -0.590. The van der Waals surface area contributed by atoms with E-state index in [-0.39, 0.29) is 0 Å². The summed E-state index contributed by atoms with van der Waals surface area (Å²) >= 11 is 0. The Morgan fingerprint density at radius 3 is 2.60 bits per heavy atom. The Morgan fingerprint density at radius 2 is 2.00 bits per heavy atom. The van der Waals surface area contributed by atoms with Gasteiger partial charge in [-0.1, -0.05) is 12.1 Å². The molecule has 0 radical (unpaired) electrons. The molecule has 0 aliphatic carbocycles. The van der Waals surface area contributed by atoms with Gasteiger partial charge in [0.2, 0.25) is 0 Å². The van der Waals surface area contributed by atoms with Crippen LogP contribution in [0.25, 0.3) is 0 Å². The van der Waals surface area contributed by atoms with Crippen LogP contribution in [0.3, 0.4) is 0 Å². The van der Waals surface area contributed by atoms with E-state index in [1.165, 1.54) is 22.8 Å². The van der Waals surface area contributed by atoms with Crippen molar-refractivity contribution in [3.8, 4) is 6.07 Å². The maximum Gasteiger partial charge on any atom is 0.322 e. The molecule has 1 aromatic rings. The van der Waals surface area contributed by atoms with Crippen LogP contribution in [0.4, 0.5) is 0 Å². The van der Waals surface area contributed by atoms with Crippen LogP contribution >= 0.6 is 0 Å². The van der Waals surface area contributed by atoms with E-state index in [4.69, 9.17) is 5.26 Å². The fourth-order valence-electron chi connectivity index (χ4n) is 1.42. The minimum absolute atomic E-state index is 0.416. The SMILES string of the molecule is Cc1ccc(CNC(=O)C#N)c(C)c1C. The van der Waals surface area contributed by atoms with Gasteiger partial charge < -0.3 is 5.32 Å². The van der Waals surface area contributed by atoms with Gasteiger partial charge in [-0.15, -0.1) is 0 Å². The van der Waals surface area contributed by atoms with Crippen molar-refractivity contribution in [2.24, 2.45) is 0 Å². The molecule has 0 saturated heterocycles. The van der Waals surface area contributed by atoms with Crippen molar-refractivity contribution in [2.75, 3.05) is 0 Å². The molecule has 0 unspecified atom stereocenters. The molecular weight excluding hydrogens is 188 g/mol. The number of hydrogen-bond donors (Lipinski definition) is 1.